The van der Waals surface area contributed by atoms with Gasteiger partial charge in [0.1, 0.15) is 5.75 Å². The van der Waals surface area contributed by atoms with Crippen LogP contribution in [0.3, 0.4) is 0 Å². The second-order valence-corrected chi connectivity index (χ2v) is 9.26. The van der Waals surface area contributed by atoms with Crippen molar-refractivity contribution in [2.45, 2.75) is 38.6 Å². The first kappa shape index (κ1) is 20.9. The van der Waals surface area contributed by atoms with Crippen LogP contribution in [-0.4, -0.2) is 49.0 Å². The third-order valence-electron chi connectivity index (χ3n) is 6.63. The van der Waals surface area contributed by atoms with E-state index in [1.807, 2.05) is 60.5 Å². The second-order valence-electron chi connectivity index (χ2n) is 9.26. The van der Waals surface area contributed by atoms with Crippen LogP contribution in [0.5, 0.6) is 5.75 Å². The Morgan fingerprint density at radius 3 is 2.30 bits per heavy atom. The first-order valence-electron chi connectivity index (χ1n) is 11.3. The normalized spacial score (nSPS) is 18.7. The van der Waals surface area contributed by atoms with E-state index in [2.05, 4.69) is 17.0 Å². The van der Waals surface area contributed by atoms with E-state index in [1.165, 1.54) is 24.9 Å². The number of hydrogen-bond acceptors (Lipinski definition) is 3. The summed E-state index contributed by atoms with van der Waals surface area (Å²) in [7, 11) is 1.92. The molecule has 0 radical (unpaired) electrons. The highest BCUT2D eigenvalue weighted by atomic mass is 16.5. The summed E-state index contributed by atoms with van der Waals surface area (Å²) >= 11 is 0. The van der Waals surface area contributed by atoms with Crippen molar-refractivity contribution in [1.82, 2.24) is 9.80 Å². The van der Waals surface area contributed by atoms with Crippen LogP contribution in [0.4, 0.5) is 0 Å². The van der Waals surface area contributed by atoms with Gasteiger partial charge in [0, 0.05) is 32.0 Å². The smallest absolute Gasteiger partial charge is 0.223 e. The summed E-state index contributed by atoms with van der Waals surface area (Å²) in [6, 6.07) is 20.2. The molecule has 4 nitrogen and oxygen atoms in total. The van der Waals surface area contributed by atoms with Crippen LogP contribution in [0.15, 0.2) is 60.7 Å². The molecule has 0 unspecified atom stereocenters. The third kappa shape index (κ3) is 5.85. The van der Waals surface area contributed by atoms with Gasteiger partial charge in [-0.15, -0.1) is 0 Å². The second kappa shape index (κ2) is 9.65. The van der Waals surface area contributed by atoms with Crippen LogP contribution >= 0.6 is 0 Å². The first-order chi connectivity index (χ1) is 14.6. The maximum Gasteiger partial charge on any atom is 0.223 e. The molecule has 2 fully saturated rings. The minimum atomic E-state index is -0.0854. The number of piperidine rings is 1. The van der Waals surface area contributed by atoms with Gasteiger partial charge in [0.25, 0.3) is 0 Å². The zero-order valence-electron chi connectivity index (χ0n) is 18.1. The van der Waals surface area contributed by atoms with Gasteiger partial charge in [-0.1, -0.05) is 48.5 Å². The summed E-state index contributed by atoms with van der Waals surface area (Å²) in [4.78, 5) is 17.6. The molecular formula is C26H34N2O2. The van der Waals surface area contributed by atoms with Gasteiger partial charge in [-0.2, -0.15) is 0 Å². The highest BCUT2D eigenvalue weighted by Crippen LogP contribution is 2.38. The first-order valence-corrected chi connectivity index (χ1v) is 11.3. The topological polar surface area (TPSA) is 32.8 Å². The number of benzene rings is 2. The average molecular weight is 407 g/mol. The van der Waals surface area contributed by atoms with Gasteiger partial charge in [0.2, 0.25) is 5.91 Å². The standard InChI is InChI=1S/C26H34N2O2/c1-27(19-22-8-4-2-5-9-22)25(29)18-26(21-30-24-10-6-3-7-11-24)14-16-28(17-15-26)20-23-12-13-23/h2-11,23H,12-21H2,1H3. The van der Waals surface area contributed by atoms with E-state index in [-0.39, 0.29) is 11.3 Å². The average Bonchev–Trinajstić information content (AvgIpc) is 3.59. The van der Waals surface area contributed by atoms with E-state index in [0.717, 1.165) is 37.6 Å². The summed E-state index contributed by atoms with van der Waals surface area (Å²) in [5, 5.41) is 0. The van der Waals surface area contributed by atoms with Crippen LogP contribution in [0.1, 0.15) is 37.7 Å². The SMILES string of the molecule is CN(Cc1ccccc1)C(=O)CC1(COc2ccccc2)CCN(CC2CC2)CC1. The predicted octanol–water partition coefficient (Wildman–Crippen LogP) is 4.61. The van der Waals surface area contributed by atoms with Gasteiger partial charge in [-0.3, -0.25) is 4.79 Å². The molecule has 0 spiro atoms. The molecule has 0 atom stereocenters. The number of likely N-dealkylation sites (tertiary alicyclic amines) is 1. The number of ether oxygens (including phenoxy) is 1. The Bertz CT molecular complexity index is 796. The Morgan fingerprint density at radius 1 is 1.03 bits per heavy atom. The van der Waals surface area contributed by atoms with Gasteiger partial charge in [-0.05, 0) is 62.4 Å². The van der Waals surface area contributed by atoms with Gasteiger partial charge < -0.3 is 14.5 Å². The van der Waals surface area contributed by atoms with Crippen molar-refractivity contribution >= 4 is 5.91 Å². The summed E-state index contributed by atoms with van der Waals surface area (Å²) in [6.45, 7) is 4.65. The van der Waals surface area contributed by atoms with Crippen molar-refractivity contribution < 1.29 is 9.53 Å². The van der Waals surface area contributed by atoms with Crippen LogP contribution < -0.4 is 4.74 Å². The van der Waals surface area contributed by atoms with Crippen molar-refractivity contribution in [2.24, 2.45) is 11.3 Å². The van der Waals surface area contributed by atoms with Gasteiger partial charge in [-0.25, -0.2) is 0 Å². The van der Waals surface area contributed by atoms with Crippen molar-refractivity contribution in [3.8, 4) is 5.75 Å². The van der Waals surface area contributed by atoms with E-state index in [0.29, 0.717) is 19.6 Å². The largest absolute Gasteiger partial charge is 0.493 e. The summed E-state index contributed by atoms with van der Waals surface area (Å²) in [5.41, 5.74) is 1.08. The molecule has 4 rings (SSSR count). The highest BCUT2D eigenvalue weighted by Gasteiger charge is 2.39. The number of carbonyl (C=O) groups excluding carboxylic acids is 1. The quantitative estimate of drug-likeness (QED) is 0.610. The minimum absolute atomic E-state index is 0.0854. The summed E-state index contributed by atoms with van der Waals surface area (Å²) in [5.74, 6) is 2.02. The third-order valence-corrected chi connectivity index (χ3v) is 6.63. The molecule has 160 valence electrons. The Balaban J connectivity index is 1.39. The zero-order valence-corrected chi connectivity index (χ0v) is 18.1. The fraction of sp³-hybridized carbons (Fsp3) is 0.500. The number of rotatable bonds is 9. The Labute approximate surface area is 180 Å². The molecule has 1 aliphatic carbocycles. The molecule has 1 amide bonds. The van der Waals surface area contributed by atoms with Crippen LogP contribution in [-0.2, 0) is 11.3 Å². The lowest BCUT2D eigenvalue weighted by atomic mass is 9.75. The number of para-hydroxylation sites is 1. The minimum Gasteiger partial charge on any atom is -0.493 e. The molecule has 1 saturated carbocycles. The maximum atomic E-state index is 13.2. The molecule has 0 bridgehead atoms. The Kier molecular flexibility index (Phi) is 6.73. The van der Waals surface area contributed by atoms with Gasteiger partial charge >= 0.3 is 0 Å². The molecule has 1 aliphatic heterocycles. The van der Waals surface area contributed by atoms with E-state index in [4.69, 9.17) is 4.74 Å². The lowest BCUT2D eigenvalue weighted by molar-refractivity contribution is -0.134. The fourth-order valence-corrected chi connectivity index (χ4v) is 4.40. The molecule has 2 aromatic rings. The number of nitrogens with zero attached hydrogens (tertiary/aromatic N) is 2. The number of amides is 1. The highest BCUT2D eigenvalue weighted by molar-refractivity contribution is 5.76. The summed E-state index contributed by atoms with van der Waals surface area (Å²) < 4.78 is 6.19. The van der Waals surface area contributed by atoms with Crippen molar-refractivity contribution in [2.75, 3.05) is 33.3 Å². The molecule has 30 heavy (non-hydrogen) atoms. The van der Waals surface area contributed by atoms with E-state index < -0.39 is 0 Å². The molecule has 1 saturated heterocycles. The lowest BCUT2D eigenvalue weighted by Gasteiger charge is -2.42. The van der Waals surface area contributed by atoms with Gasteiger partial charge in [0.15, 0.2) is 0 Å². The molecule has 2 aromatic carbocycles. The van der Waals surface area contributed by atoms with Crippen LogP contribution in [0.25, 0.3) is 0 Å². The van der Waals surface area contributed by atoms with Crippen molar-refractivity contribution in [3.63, 3.8) is 0 Å². The fourth-order valence-electron chi connectivity index (χ4n) is 4.40. The van der Waals surface area contributed by atoms with E-state index in [9.17, 15) is 4.79 Å². The van der Waals surface area contributed by atoms with Crippen LogP contribution in [0.2, 0.25) is 0 Å². The Hall–Kier alpha value is -2.33. The predicted molar refractivity (Wildman–Crippen MR) is 120 cm³/mol. The maximum absolute atomic E-state index is 13.2. The Morgan fingerprint density at radius 2 is 1.67 bits per heavy atom. The van der Waals surface area contributed by atoms with Crippen molar-refractivity contribution in [3.05, 3.63) is 66.2 Å². The zero-order chi connectivity index (χ0) is 20.8. The monoisotopic (exact) mass is 406 g/mol. The van der Waals surface area contributed by atoms with Crippen LogP contribution in [0, 0.1) is 11.3 Å². The number of hydrogen-bond donors (Lipinski definition) is 0. The number of carbonyl (C=O) groups is 1. The molecule has 4 heteroatoms. The molecule has 2 aliphatic rings. The molecule has 0 N–H and O–H groups in total. The molecular weight excluding hydrogens is 372 g/mol. The van der Waals surface area contributed by atoms with Crippen molar-refractivity contribution in [1.29, 1.82) is 0 Å². The molecule has 0 aromatic heterocycles. The summed E-state index contributed by atoms with van der Waals surface area (Å²) in [6.07, 6.45) is 5.39. The van der Waals surface area contributed by atoms with E-state index in [1.54, 1.807) is 0 Å². The molecule has 1 heterocycles. The van der Waals surface area contributed by atoms with Gasteiger partial charge in [0.05, 0.1) is 6.61 Å². The van der Waals surface area contributed by atoms with E-state index >= 15 is 0 Å². The lowest BCUT2D eigenvalue weighted by Crippen LogP contribution is -2.46.